The SMILES string of the molecule is CCOC(=O)C=CC=CC1C(c2ccccc2)C1(F)F. The van der Waals surface area contributed by atoms with Gasteiger partial charge in [-0.05, 0) is 12.5 Å². The molecular formula is C16H16F2O2. The molecule has 0 saturated heterocycles. The molecule has 106 valence electrons. The van der Waals surface area contributed by atoms with Crippen LogP contribution in [0, 0.1) is 5.92 Å². The number of ether oxygens (including phenoxy) is 1. The quantitative estimate of drug-likeness (QED) is 0.466. The number of carbonyl (C=O) groups is 1. The van der Waals surface area contributed by atoms with Crippen molar-refractivity contribution in [1.82, 2.24) is 0 Å². The molecule has 2 unspecified atom stereocenters. The summed E-state index contributed by atoms with van der Waals surface area (Å²) in [6, 6.07) is 8.73. The molecule has 2 atom stereocenters. The van der Waals surface area contributed by atoms with Gasteiger partial charge in [-0.1, -0.05) is 48.6 Å². The predicted octanol–water partition coefficient (Wildman–Crippen LogP) is 3.71. The number of esters is 1. The highest BCUT2D eigenvalue weighted by Gasteiger charge is 2.67. The van der Waals surface area contributed by atoms with Crippen LogP contribution in [0.3, 0.4) is 0 Å². The third-order valence-electron chi connectivity index (χ3n) is 3.22. The zero-order valence-electron chi connectivity index (χ0n) is 11.1. The first kappa shape index (κ1) is 14.4. The lowest BCUT2D eigenvalue weighted by molar-refractivity contribution is -0.137. The Hall–Kier alpha value is -1.97. The summed E-state index contributed by atoms with van der Waals surface area (Å²) < 4.78 is 32.1. The first-order valence-corrected chi connectivity index (χ1v) is 6.51. The van der Waals surface area contributed by atoms with E-state index < -0.39 is 23.7 Å². The van der Waals surface area contributed by atoms with E-state index in [1.807, 2.05) is 0 Å². The topological polar surface area (TPSA) is 26.3 Å². The lowest BCUT2D eigenvalue weighted by Crippen LogP contribution is -1.98. The van der Waals surface area contributed by atoms with Crippen molar-refractivity contribution in [2.24, 2.45) is 5.92 Å². The Morgan fingerprint density at radius 3 is 2.65 bits per heavy atom. The third kappa shape index (κ3) is 3.13. The Morgan fingerprint density at radius 2 is 2.00 bits per heavy atom. The van der Waals surface area contributed by atoms with Gasteiger partial charge in [-0.25, -0.2) is 13.6 Å². The molecule has 20 heavy (non-hydrogen) atoms. The predicted molar refractivity (Wildman–Crippen MR) is 72.5 cm³/mol. The molecule has 1 fully saturated rings. The van der Waals surface area contributed by atoms with Crippen LogP contribution in [0.2, 0.25) is 0 Å². The Bertz CT molecular complexity index is 521. The van der Waals surface area contributed by atoms with Gasteiger partial charge < -0.3 is 4.74 Å². The zero-order valence-corrected chi connectivity index (χ0v) is 11.1. The molecule has 1 aliphatic carbocycles. The van der Waals surface area contributed by atoms with Gasteiger partial charge in [-0.15, -0.1) is 0 Å². The van der Waals surface area contributed by atoms with Gasteiger partial charge in [0.05, 0.1) is 18.4 Å². The largest absolute Gasteiger partial charge is 0.463 e. The van der Waals surface area contributed by atoms with E-state index in [0.29, 0.717) is 12.2 Å². The average Bonchev–Trinajstić information content (AvgIpc) is 2.97. The van der Waals surface area contributed by atoms with Gasteiger partial charge in [-0.3, -0.25) is 0 Å². The summed E-state index contributed by atoms with van der Waals surface area (Å²) in [4.78, 5) is 11.0. The number of alkyl halides is 2. The lowest BCUT2D eigenvalue weighted by Gasteiger charge is -1.96. The molecule has 2 rings (SSSR count). The van der Waals surface area contributed by atoms with Gasteiger partial charge in [-0.2, -0.15) is 0 Å². The van der Waals surface area contributed by atoms with E-state index in [4.69, 9.17) is 0 Å². The fourth-order valence-electron chi connectivity index (χ4n) is 2.19. The molecule has 4 heteroatoms. The molecule has 0 bridgehead atoms. The van der Waals surface area contributed by atoms with Gasteiger partial charge in [0, 0.05) is 6.08 Å². The second-order valence-corrected chi connectivity index (χ2v) is 4.58. The molecule has 0 N–H and O–H groups in total. The molecule has 1 saturated carbocycles. The van der Waals surface area contributed by atoms with Crippen molar-refractivity contribution in [3.8, 4) is 0 Å². The lowest BCUT2D eigenvalue weighted by atomic mass is 10.1. The van der Waals surface area contributed by atoms with Crippen molar-refractivity contribution in [2.75, 3.05) is 6.61 Å². The molecule has 0 amide bonds. The minimum Gasteiger partial charge on any atom is -0.463 e. The summed E-state index contributed by atoms with van der Waals surface area (Å²) in [6.45, 7) is 2.00. The first-order chi connectivity index (χ1) is 9.57. The zero-order chi connectivity index (χ0) is 14.6. The van der Waals surface area contributed by atoms with Crippen LogP contribution in [0.1, 0.15) is 18.4 Å². The number of hydrogen-bond donors (Lipinski definition) is 0. The van der Waals surface area contributed by atoms with E-state index >= 15 is 0 Å². The van der Waals surface area contributed by atoms with Crippen molar-refractivity contribution in [2.45, 2.75) is 18.8 Å². The molecular weight excluding hydrogens is 262 g/mol. The van der Waals surface area contributed by atoms with Crippen LogP contribution < -0.4 is 0 Å². The van der Waals surface area contributed by atoms with Crippen molar-refractivity contribution in [3.63, 3.8) is 0 Å². The van der Waals surface area contributed by atoms with E-state index in [2.05, 4.69) is 4.74 Å². The number of allylic oxidation sites excluding steroid dienone is 3. The summed E-state index contributed by atoms with van der Waals surface area (Å²) >= 11 is 0. The second kappa shape index (κ2) is 5.99. The van der Waals surface area contributed by atoms with Crippen LogP contribution in [0.15, 0.2) is 54.6 Å². The molecule has 1 aliphatic rings. The normalized spacial score (nSPS) is 24.1. The van der Waals surface area contributed by atoms with Crippen LogP contribution in [-0.2, 0) is 9.53 Å². The summed E-state index contributed by atoms with van der Waals surface area (Å²) in [6.07, 6.45) is 5.55. The van der Waals surface area contributed by atoms with Gasteiger partial charge in [0.2, 0.25) is 0 Å². The van der Waals surface area contributed by atoms with Crippen molar-refractivity contribution < 1.29 is 18.3 Å². The number of hydrogen-bond acceptors (Lipinski definition) is 2. The van der Waals surface area contributed by atoms with Crippen LogP contribution in [0.4, 0.5) is 8.78 Å². The second-order valence-electron chi connectivity index (χ2n) is 4.58. The number of halogens is 2. The third-order valence-corrected chi connectivity index (χ3v) is 3.22. The number of rotatable bonds is 5. The smallest absolute Gasteiger partial charge is 0.330 e. The van der Waals surface area contributed by atoms with Crippen molar-refractivity contribution in [3.05, 3.63) is 60.2 Å². The van der Waals surface area contributed by atoms with Crippen LogP contribution in [0.25, 0.3) is 0 Å². The summed E-state index contributed by atoms with van der Waals surface area (Å²) in [5.41, 5.74) is 0.640. The van der Waals surface area contributed by atoms with E-state index in [1.54, 1.807) is 37.3 Å². The standard InChI is InChI=1S/C16H16F2O2/c1-2-20-14(19)11-7-6-10-13-15(16(13,17)18)12-8-4-3-5-9-12/h3-11,13,15H,2H2,1H3. The Kier molecular flexibility index (Phi) is 4.32. The summed E-state index contributed by atoms with van der Waals surface area (Å²) in [7, 11) is 0. The fraction of sp³-hybridized carbons (Fsp3) is 0.312. The Morgan fingerprint density at radius 1 is 1.30 bits per heavy atom. The van der Waals surface area contributed by atoms with Gasteiger partial charge >= 0.3 is 5.97 Å². The monoisotopic (exact) mass is 278 g/mol. The maximum Gasteiger partial charge on any atom is 0.330 e. The molecule has 2 nitrogen and oxygen atoms in total. The summed E-state index contributed by atoms with van der Waals surface area (Å²) in [5, 5.41) is 0. The highest BCUT2D eigenvalue weighted by Crippen LogP contribution is 2.62. The Labute approximate surface area is 116 Å². The Balaban J connectivity index is 1.96. The van der Waals surface area contributed by atoms with Crippen LogP contribution in [0.5, 0.6) is 0 Å². The van der Waals surface area contributed by atoms with Gasteiger partial charge in [0.1, 0.15) is 0 Å². The van der Waals surface area contributed by atoms with E-state index in [9.17, 15) is 13.6 Å². The highest BCUT2D eigenvalue weighted by molar-refractivity contribution is 5.82. The van der Waals surface area contributed by atoms with Crippen LogP contribution >= 0.6 is 0 Å². The van der Waals surface area contributed by atoms with Crippen molar-refractivity contribution >= 4 is 5.97 Å². The molecule has 0 heterocycles. The van der Waals surface area contributed by atoms with Gasteiger partial charge in [0.15, 0.2) is 0 Å². The summed E-state index contributed by atoms with van der Waals surface area (Å²) in [5.74, 6) is -4.76. The minimum absolute atomic E-state index is 0.295. The molecule has 1 aromatic rings. The molecule has 1 aromatic carbocycles. The van der Waals surface area contributed by atoms with E-state index in [0.717, 1.165) is 0 Å². The molecule has 0 spiro atoms. The highest BCUT2D eigenvalue weighted by atomic mass is 19.3. The van der Waals surface area contributed by atoms with E-state index in [1.165, 1.54) is 24.3 Å². The van der Waals surface area contributed by atoms with E-state index in [-0.39, 0.29) is 0 Å². The number of carbonyl (C=O) groups excluding carboxylic acids is 1. The fourth-order valence-corrected chi connectivity index (χ4v) is 2.19. The number of benzene rings is 1. The first-order valence-electron chi connectivity index (χ1n) is 6.51. The molecule has 0 aliphatic heterocycles. The minimum atomic E-state index is -2.71. The van der Waals surface area contributed by atoms with Gasteiger partial charge in [0.25, 0.3) is 5.92 Å². The van der Waals surface area contributed by atoms with Crippen LogP contribution in [-0.4, -0.2) is 18.5 Å². The average molecular weight is 278 g/mol. The maximum atomic E-state index is 13.7. The maximum absolute atomic E-state index is 13.7. The van der Waals surface area contributed by atoms with Crippen molar-refractivity contribution in [1.29, 1.82) is 0 Å². The molecule has 0 radical (unpaired) electrons. The molecule has 0 aromatic heterocycles.